The lowest BCUT2D eigenvalue weighted by atomic mass is 10.1. The summed E-state index contributed by atoms with van der Waals surface area (Å²) < 4.78 is 8.63. The summed E-state index contributed by atoms with van der Waals surface area (Å²) in [5, 5.41) is 17.3. The number of rotatable bonds is 10. The highest BCUT2D eigenvalue weighted by atomic mass is 16.5. The second-order valence-electron chi connectivity index (χ2n) is 10.3. The molecule has 0 aliphatic rings. The van der Waals surface area contributed by atoms with Crippen LogP contribution in [0, 0.1) is 0 Å². The van der Waals surface area contributed by atoms with Crippen molar-refractivity contribution in [1.82, 2.24) is 10.0 Å². The lowest BCUT2D eigenvalue weighted by molar-refractivity contribution is 0.0706. The normalized spacial score (nSPS) is 11.7. The number of amides is 1. The second kappa shape index (κ2) is 12.2. The van der Waals surface area contributed by atoms with Crippen LogP contribution in [0.4, 0.5) is 5.69 Å². The van der Waals surface area contributed by atoms with E-state index in [1.807, 2.05) is 36.4 Å². The van der Waals surface area contributed by atoms with Crippen molar-refractivity contribution < 1.29 is 14.7 Å². The average Bonchev–Trinajstić information content (AvgIpc) is 3.36. The van der Waals surface area contributed by atoms with Gasteiger partial charge in [-0.3, -0.25) is 10.0 Å². The molecule has 0 aliphatic heterocycles. The Morgan fingerprint density at radius 1 is 0.833 bits per heavy atom. The number of anilines is 1. The SMILES string of the molecule is CCn1c2ccccc2c2cc(NCC(=Cc3ccc(C(=O)NO)cc3)CCOc3cccc4ccccc34)ccc21. The van der Waals surface area contributed by atoms with Gasteiger partial charge in [0, 0.05) is 58.0 Å². The van der Waals surface area contributed by atoms with Gasteiger partial charge >= 0.3 is 0 Å². The number of hydroxylamine groups is 1. The summed E-state index contributed by atoms with van der Waals surface area (Å²) in [6, 6.07) is 36.6. The van der Waals surface area contributed by atoms with Crippen LogP contribution in [-0.2, 0) is 6.54 Å². The van der Waals surface area contributed by atoms with E-state index >= 15 is 0 Å². The minimum atomic E-state index is -0.532. The number of hydrogen-bond donors (Lipinski definition) is 3. The van der Waals surface area contributed by atoms with Crippen molar-refractivity contribution in [1.29, 1.82) is 0 Å². The number of nitrogens with zero attached hydrogens (tertiary/aromatic N) is 1. The van der Waals surface area contributed by atoms with Crippen molar-refractivity contribution >= 4 is 50.2 Å². The van der Waals surface area contributed by atoms with Gasteiger partial charge in [0.25, 0.3) is 5.91 Å². The first-order chi connectivity index (χ1) is 20.6. The van der Waals surface area contributed by atoms with Gasteiger partial charge in [-0.2, -0.15) is 0 Å². The van der Waals surface area contributed by atoms with E-state index in [0.29, 0.717) is 25.1 Å². The molecule has 0 saturated carbocycles. The fraction of sp³-hybridized carbons (Fsp3) is 0.139. The number of aromatic nitrogens is 1. The van der Waals surface area contributed by atoms with E-state index in [2.05, 4.69) is 83.5 Å². The zero-order valence-corrected chi connectivity index (χ0v) is 23.5. The molecule has 6 aromatic rings. The lowest BCUT2D eigenvalue weighted by Gasteiger charge is -2.14. The highest BCUT2D eigenvalue weighted by molar-refractivity contribution is 6.09. The number of para-hydroxylation sites is 1. The third-order valence-electron chi connectivity index (χ3n) is 7.68. The van der Waals surface area contributed by atoms with Gasteiger partial charge in [-0.25, -0.2) is 5.48 Å². The quantitative estimate of drug-likeness (QED) is 0.118. The molecule has 1 heterocycles. The fourth-order valence-corrected chi connectivity index (χ4v) is 5.58. The Bertz CT molecular complexity index is 1900. The van der Waals surface area contributed by atoms with Gasteiger partial charge in [0.15, 0.2) is 0 Å². The number of carbonyl (C=O) groups is 1. The molecule has 5 aromatic carbocycles. The zero-order valence-electron chi connectivity index (χ0n) is 23.5. The number of hydrogen-bond acceptors (Lipinski definition) is 4. The molecule has 6 rings (SSSR count). The molecule has 0 saturated heterocycles. The third-order valence-corrected chi connectivity index (χ3v) is 7.68. The van der Waals surface area contributed by atoms with E-state index in [9.17, 15) is 4.79 Å². The molecule has 210 valence electrons. The van der Waals surface area contributed by atoms with E-state index in [-0.39, 0.29) is 0 Å². The summed E-state index contributed by atoms with van der Waals surface area (Å²) in [6.07, 6.45) is 2.84. The molecule has 0 spiro atoms. The summed E-state index contributed by atoms with van der Waals surface area (Å²) in [6.45, 7) is 4.25. The van der Waals surface area contributed by atoms with Gasteiger partial charge in [-0.1, -0.05) is 72.8 Å². The molecule has 6 heteroatoms. The summed E-state index contributed by atoms with van der Waals surface area (Å²) in [4.78, 5) is 11.8. The van der Waals surface area contributed by atoms with Crippen LogP contribution in [0.5, 0.6) is 5.75 Å². The van der Waals surface area contributed by atoms with Crippen LogP contribution >= 0.6 is 0 Å². The van der Waals surface area contributed by atoms with Gasteiger partial charge in [0.05, 0.1) is 6.61 Å². The van der Waals surface area contributed by atoms with Crippen molar-refractivity contribution in [3.05, 3.63) is 126 Å². The Morgan fingerprint density at radius 2 is 1.57 bits per heavy atom. The van der Waals surface area contributed by atoms with Gasteiger partial charge < -0.3 is 14.6 Å². The Morgan fingerprint density at radius 3 is 2.38 bits per heavy atom. The molecule has 0 radical (unpaired) electrons. The van der Waals surface area contributed by atoms with Gasteiger partial charge in [0.1, 0.15) is 5.75 Å². The highest BCUT2D eigenvalue weighted by Crippen LogP contribution is 2.31. The third kappa shape index (κ3) is 5.57. The molecule has 0 aliphatic carbocycles. The van der Waals surface area contributed by atoms with Gasteiger partial charge in [0.2, 0.25) is 0 Å². The largest absolute Gasteiger partial charge is 0.493 e. The minimum absolute atomic E-state index is 0.396. The van der Waals surface area contributed by atoms with Crippen LogP contribution in [-0.4, -0.2) is 28.8 Å². The molecule has 42 heavy (non-hydrogen) atoms. The molecule has 3 N–H and O–H groups in total. The van der Waals surface area contributed by atoms with Crippen molar-refractivity contribution in [3.8, 4) is 5.75 Å². The molecule has 0 fully saturated rings. The van der Waals surface area contributed by atoms with Crippen molar-refractivity contribution in [2.45, 2.75) is 19.9 Å². The average molecular weight is 556 g/mol. The van der Waals surface area contributed by atoms with Crippen LogP contribution in [0.3, 0.4) is 0 Å². The molecule has 0 bridgehead atoms. The summed E-state index contributed by atoms with van der Waals surface area (Å²) in [5.74, 6) is 0.341. The molecular weight excluding hydrogens is 522 g/mol. The monoisotopic (exact) mass is 555 g/mol. The fourth-order valence-electron chi connectivity index (χ4n) is 5.58. The predicted octanol–water partition coefficient (Wildman–Crippen LogP) is 8.05. The van der Waals surface area contributed by atoms with E-state index in [4.69, 9.17) is 9.94 Å². The minimum Gasteiger partial charge on any atom is -0.493 e. The summed E-state index contributed by atoms with van der Waals surface area (Å²) in [5.41, 5.74) is 7.73. The number of nitrogens with one attached hydrogen (secondary N) is 2. The Labute approximate surface area is 244 Å². The first kappa shape index (κ1) is 27.1. The van der Waals surface area contributed by atoms with Crippen LogP contribution in [0.25, 0.3) is 38.7 Å². The Balaban J connectivity index is 1.24. The second-order valence-corrected chi connectivity index (χ2v) is 10.3. The first-order valence-corrected chi connectivity index (χ1v) is 14.2. The Kier molecular flexibility index (Phi) is 7.88. The Hall–Kier alpha value is -5.07. The van der Waals surface area contributed by atoms with Gasteiger partial charge in [-0.15, -0.1) is 0 Å². The maximum atomic E-state index is 11.8. The van der Waals surface area contributed by atoms with Crippen molar-refractivity contribution in [3.63, 3.8) is 0 Å². The van der Waals surface area contributed by atoms with Gasteiger partial charge in [-0.05, 0) is 65.9 Å². The zero-order chi connectivity index (χ0) is 28.9. The molecular formula is C36H33N3O3. The van der Waals surface area contributed by atoms with Crippen LogP contribution in [0.2, 0.25) is 0 Å². The van der Waals surface area contributed by atoms with Crippen LogP contribution in [0.1, 0.15) is 29.3 Å². The standard InChI is InChI=1S/C36H33N3O3/c1-2-39-33-12-6-5-11-31(33)32-23-29(18-19-34(32)39)37-24-26(22-25-14-16-28(17-15-25)36(40)38-41)20-21-42-35-13-7-9-27-8-3-4-10-30(27)35/h3-19,22-23,37,41H,2,20-21,24H2,1H3,(H,38,40). The van der Waals surface area contributed by atoms with E-state index < -0.39 is 5.91 Å². The van der Waals surface area contributed by atoms with Crippen LogP contribution in [0.15, 0.2) is 115 Å². The number of aryl methyl sites for hydroxylation is 1. The number of carbonyl (C=O) groups excluding carboxylic acids is 1. The molecule has 1 aromatic heterocycles. The molecule has 0 atom stereocenters. The lowest BCUT2D eigenvalue weighted by Crippen LogP contribution is -2.18. The highest BCUT2D eigenvalue weighted by Gasteiger charge is 2.11. The van der Waals surface area contributed by atoms with Crippen molar-refractivity contribution in [2.75, 3.05) is 18.5 Å². The van der Waals surface area contributed by atoms with Crippen LogP contribution < -0.4 is 15.5 Å². The summed E-state index contributed by atoms with van der Waals surface area (Å²) >= 11 is 0. The molecule has 6 nitrogen and oxygen atoms in total. The maximum absolute atomic E-state index is 11.8. The first-order valence-electron chi connectivity index (χ1n) is 14.2. The maximum Gasteiger partial charge on any atom is 0.274 e. The van der Waals surface area contributed by atoms with E-state index in [1.165, 1.54) is 21.8 Å². The number of fused-ring (bicyclic) bond motifs is 4. The number of ether oxygens (including phenoxy) is 1. The summed E-state index contributed by atoms with van der Waals surface area (Å²) in [7, 11) is 0. The molecule has 0 unspecified atom stereocenters. The molecule has 1 amide bonds. The topological polar surface area (TPSA) is 75.5 Å². The number of benzene rings is 5. The van der Waals surface area contributed by atoms with E-state index in [0.717, 1.165) is 39.9 Å². The smallest absolute Gasteiger partial charge is 0.274 e. The van der Waals surface area contributed by atoms with Crippen molar-refractivity contribution in [2.24, 2.45) is 0 Å². The predicted molar refractivity (Wildman–Crippen MR) is 171 cm³/mol. The van der Waals surface area contributed by atoms with E-state index in [1.54, 1.807) is 17.6 Å².